The number of hydrogen-bond donors (Lipinski definition) is 1. The van der Waals surface area contributed by atoms with Crippen LogP contribution in [0.15, 0.2) is 29.2 Å². The Balaban J connectivity index is 1.99. The lowest BCUT2D eigenvalue weighted by Gasteiger charge is -2.62. The highest BCUT2D eigenvalue weighted by Crippen LogP contribution is 2.63. The minimum atomic E-state index is -4.35. The van der Waals surface area contributed by atoms with Gasteiger partial charge in [0.2, 0.25) is 10.0 Å². The molecule has 0 amide bonds. The van der Waals surface area contributed by atoms with E-state index in [1.807, 2.05) is 20.8 Å². The Morgan fingerprint density at radius 2 is 1.49 bits per heavy atom. The molecule has 8 atom stereocenters. The number of hydrogen-bond acceptors (Lipinski definition) is 7. The molecule has 8 nitrogen and oxygen atoms in total. The van der Waals surface area contributed by atoms with E-state index in [2.05, 4.69) is 53.4 Å². The number of sulfonamides is 1. The van der Waals surface area contributed by atoms with Crippen molar-refractivity contribution in [1.82, 2.24) is 4.31 Å². The average molecular weight is 746 g/mol. The van der Waals surface area contributed by atoms with Gasteiger partial charge < -0.3 is 14.6 Å². The summed E-state index contributed by atoms with van der Waals surface area (Å²) >= 11 is 1.64. The van der Waals surface area contributed by atoms with E-state index < -0.39 is 43.6 Å². The third kappa shape index (κ3) is 9.48. The third-order valence-corrected chi connectivity index (χ3v) is 15.4. The number of esters is 1. The Hall–Kier alpha value is -2.22. The van der Waals surface area contributed by atoms with Crippen molar-refractivity contribution in [3.8, 4) is 17.6 Å². The lowest BCUT2D eigenvalue weighted by molar-refractivity contribution is -0.154. The molecule has 0 bridgehead atoms. The van der Waals surface area contributed by atoms with Crippen LogP contribution in [-0.4, -0.2) is 64.6 Å². The number of carbonyl (C=O) groups excluding carboxylic acids is 1. The van der Waals surface area contributed by atoms with Gasteiger partial charge in [0.25, 0.3) is 0 Å². The number of rotatable bonds is 11. The summed E-state index contributed by atoms with van der Waals surface area (Å²) in [6.45, 7) is 20.7. The lowest BCUT2D eigenvalue weighted by Crippen LogP contribution is -2.70. The van der Waals surface area contributed by atoms with Crippen molar-refractivity contribution >= 4 is 33.7 Å². The maximum Gasteiger partial charge on any atom is 0.323 e. The number of benzene rings is 1. The molecule has 1 heterocycles. The summed E-state index contributed by atoms with van der Waals surface area (Å²) in [7, 11) is -4.35. The molecule has 1 N–H and O–H groups in total. The molecule has 1 aromatic carbocycles. The highest BCUT2D eigenvalue weighted by atomic mass is 32.2. The van der Waals surface area contributed by atoms with E-state index in [1.165, 1.54) is 16.4 Å². The zero-order valence-electron chi connectivity index (χ0n) is 32.6. The summed E-state index contributed by atoms with van der Waals surface area (Å²) in [4.78, 5) is 27.7. The van der Waals surface area contributed by atoms with Gasteiger partial charge in [0.15, 0.2) is 0 Å². The monoisotopic (exact) mass is 745 g/mol. The molecule has 286 valence electrons. The van der Waals surface area contributed by atoms with Crippen LogP contribution in [0.2, 0.25) is 0 Å². The van der Waals surface area contributed by atoms with Gasteiger partial charge in [-0.25, -0.2) is 8.42 Å². The topological polar surface area (TPSA) is 110 Å². The molecule has 6 unspecified atom stereocenters. The smallest absolute Gasteiger partial charge is 0.323 e. The van der Waals surface area contributed by atoms with Crippen molar-refractivity contribution in [1.29, 1.82) is 0 Å². The Labute approximate surface area is 312 Å². The van der Waals surface area contributed by atoms with Crippen molar-refractivity contribution in [3.05, 3.63) is 24.3 Å². The number of carboxylic acid groups (broad SMARTS) is 1. The second-order valence-corrected chi connectivity index (χ2v) is 20.8. The predicted molar refractivity (Wildman–Crippen MR) is 205 cm³/mol. The highest BCUT2D eigenvalue weighted by Gasteiger charge is 2.65. The van der Waals surface area contributed by atoms with Crippen molar-refractivity contribution in [3.63, 3.8) is 0 Å². The zero-order valence-corrected chi connectivity index (χ0v) is 34.2. The molecule has 1 saturated heterocycles. The number of carbonyl (C=O) groups is 2. The fourth-order valence-electron chi connectivity index (χ4n) is 9.48. The Kier molecular flexibility index (Phi) is 13.7. The first kappa shape index (κ1) is 41.5. The normalized spacial score (nSPS) is 32.2. The molecular weight excluding hydrogens is 683 g/mol. The van der Waals surface area contributed by atoms with E-state index in [0.29, 0.717) is 17.6 Å². The van der Waals surface area contributed by atoms with Gasteiger partial charge in [-0.2, -0.15) is 4.31 Å². The standard InChI is InChI=1S/C41H63NO7S2/c1-11-12-21-48-30-15-17-32(18-16-30)51(46,47)42-25-31(24-37(43)49-40(8,9)10)50-41(38(42)39(44)45,35-22-28(6)13-19-33(35)26(2)3)36-23-29(7)14-20-34(36)27(4)5/h15-18,26-29,31,33-36,38H,13-14,19-25H2,1-10H3,(H,44,45)/t28?,29?,31-,33?,34?,35?,36?,38-,41?/m0/s1. The molecule has 0 spiro atoms. The van der Waals surface area contributed by atoms with Gasteiger partial charge >= 0.3 is 11.9 Å². The summed E-state index contributed by atoms with van der Waals surface area (Å²) in [5.41, 5.74) is -0.710. The molecule has 3 fully saturated rings. The van der Waals surface area contributed by atoms with Gasteiger partial charge in [-0.05, 0) is 125 Å². The number of ether oxygens (including phenoxy) is 2. The van der Waals surface area contributed by atoms with E-state index in [0.717, 1.165) is 38.5 Å². The molecule has 0 radical (unpaired) electrons. The van der Waals surface area contributed by atoms with Crippen molar-refractivity contribution in [2.24, 2.45) is 47.3 Å². The van der Waals surface area contributed by atoms with Crippen LogP contribution in [-0.2, 0) is 24.3 Å². The SMILES string of the molecule is CC#CCOc1ccc(S(=O)(=O)N2C[C@H](CC(=O)OC(C)(C)C)SC(C3CC(C)CCC3C(C)C)(C3CC(C)CCC3C(C)C)[C@@H]2C(=O)O)cc1. The van der Waals surface area contributed by atoms with Gasteiger partial charge in [0.05, 0.1) is 11.3 Å². The van der Waals surface area contributed by atoms with Crippen LogP contribution in [0, 0.1) is 59.2 Å². The number of thioether (sulfide) groups is 1. The van der Waals surface area contributed by atoms with E-state index in [9.17, 15) is 14.7 Å². The molecular formula is C41H63NO7S2. The summed E-state index contributed by atoms with van der Waals surface area (Å²) in [6, 6.07) is 4.87. The first-order chi connectivity index (χ1) is 23.8. The molecule has 1 aromatic rings. The van der Waals surface area contributed by atoms with Crippen LogP contribution in [0.3, 0.4) is 0 Å². The maximum atomic E-state index is 15.0. The van der Waals surface area contributed by atoms with Gasteiger partial charge in [0.1, 0.15) is 24.0 Å². The minimum absolute atomic E-state index is 0.00345. The maximum absolute atomic E-state index is 15.0. The van der Waals surface area contributed by atoms with Crippen LogP contribution in [0.4, 0.5) is 0 Å². The number of carboxylic acids is 1. The van der Waals surface area contributed by atoms with Crippen LogP contribution < -0.4 is 4.74 Å². The predicted octanol–water partition coefficient (Wildman–Crippen LogP) is 8.54. The fourth-order valence-corrected chi connectivity index (χ4v) is 13.6. The van der Waals surface area contributed by atoms with Crippen molar-refractivity contribution < 1.29 is 32.6 Å². The van der Waals surface area contributed by atoms with Crippen LogP contribution in [0.25, 0.3) is 0 Å². The molecule has 1 aliphatic heterocycles. The highest BCUT2D eigenvalue weighted by molar-refractivity contribution is 8.01. The third-order valence-electron chi connectivity index (χ3n) is 11.6. The van der Waals surface area contributed by atoms with Gasteiger partial charge in [-0.1, -0.05) is 60.3 Å². The Bertz CT molecular complexity index is 1490. The van der Waals surface area contributed by atoms with Gasteiger partial charge in [-0.15, -0.1) is 17.7 Å². The van der Waals surface area contributed by atoms with Crippen molar-refractivity contribution in [2.45, 2.75) is 141 Å². The first-order valence-electron chi connectivity index (χ1n) is 19.1. The summed E-state index contributed by atoms with van der Waals surface area (Å²) in [5, 5.41) is 11.0. The Morgan fingerprint density at radius 3 is 1.94 bits per heavy atom. The largest absolute Gasteiger partial charge is 0.481 e. The summed E-state index contributed by atoms with van der Waals surface area (Å²) in [5.74, 6) is 6.23. The first-order valence-corrected chi connectivity index (χ1v) is 21.4. The quantitative estimate of drug-likeness (QED) is 0.177. The molecule has 0 aromatic heterocycles. The average Bonchev–Trinajstić information content (AvgIpc) is 3.03. The van der Waals surface area contributed by atoms with Crippen molar-refractivity contribution in [2.75, 3.05) is 13.2 Å². The second kappa shape index (κ2) is 16.8. The molecule has 2 saturated carbocycles. The van der Waals surface area contributed by atoms with Crippen LogP contribution >= 0.6 is 11.8 Å². The van der Waals surface area contributed by atoms with Crippen LogP contribution in [0.1, 0.15) is 114 Å². The van der Waals surface area contributed by atoms with E-state index in [1.54, 1.807) is 30.8 Å². The lowest BCUT2D eigenvalue weighted by atomic mass is 9.54. The van der Waals surface area contributed by atoms with E-state index in [-0.39, 0.29) is 60.0 Å². The van der Waals surface area contributed by atoms with Crippen LogP contribution in [0.5, 0.6) is 5.75 Å². The molecule has 51 heavy (non-hydrogen) atoms. The second-order valence-electron chi connectivity index (χ2n) is 17.3. The zero-order chi connectivity index (χ0) is 37.9. The molecule has 3 aliphatic rings. The fraction of sp³-hybridized carbons (Fsp3) is 0.756. The summed E-state index contributed by atoms with van der Waals surface area (Å²) < 4.78 is 41.8. The van der Waals surface area contributed by atoms with E-state index >= 15 is 8.42 Å². The minimum Gasteiger partial charge on any atom is -0.481 e. The Morgan fingerprint density at radius 1 is 0.961 bits per heavy atom. The molecule has 10 heteroatoms. The van der Waals surface area contributed by atoms with Gasteiger partial charge in [0, 0.05) is 16.5 Å². The summed E-state index contributed by atoms with van der Waals surface area (Å²) in [6.07, 6.45) is 5.73. The van der Waals surface area contributed by atoms with E-state index in [4.69, 9.17) is 9.47 Å². The number of aliphatic carboxylic acids is 1. The molecule has 4 rings (SSSR count). The van der Waals surface area contributed by atoms with Gasteiger partial charge in [-0.3, -0.25) is 9.59 Å². The molecule has 2 aliphatic carbocycles. The number of nitrogens with zero attached hydrogens (tertiary/aromatic N) is 1.